The van der Waals surface area contributed by atoms with Crippen molar-refractivity contribution in [1.29, 1.82) is 0 Å². The molecule has 1 aliphatic heterocycles. The van der Waals surface area contributed by atoms with E-state index in [0.717, 1.165) is 18.8 Å². The summed E-state index contributed by atoms with van der Waals surface area (Å²) in [7, 11) is 0.319. The van der Waals surface area contributed by atoms with Crippen LogP contribution >= 0.6 is 0 Å². The van der Waals surface area contributed by atoms with Crippen LogP contribution in [0.1, 0.15) is 0 Å². The lowest BCUT2D eigenvalue weighted by atomic mass is 10.2. The molecule has 1 N–H and O–H groups in total. The van der Waals surface area contributed by atoms with E-state index in [2.05, 4.69) is 18.4 Å². The molecule has 4 heteroatoms. The maximum Gasteiger partial charge on any atom is 0.309 e. The molecule has 1 fully saturated rings. The molecule has 0 spiro atoms. The highest BCUT2D eigenvalue weighted by Crippen LogP contribution is 2.20. The van der Waals surface area contributed by atoms with Gasteiger partial charge in [0.2, 0.25) is 0 Å². The van der Waals surface area contributed by atoms with Crippen LogP contribution in [-0.4, -0.2) is 33.9 Å². The van der Waals surface area contributed by atoms with Gasteiger partial charge in [0, 0.05) is 6.54 Å². The van der Waals surface area contributed by atoms with Crippen LogP contribution in [0, 0.1) is 5.92 Å². The molecule has 0 radical (unpaired) electrons. The van der Waals surface area contributed by atoms with Crippen LogP contribution in [0.25, 0.3) is 0 Å². The zero-order valence-corrected chi connectivity index (χ0v) is 9.02. The third-order valence-corrected chi connectivity index (χ3v) is 5.13. The summed E-state index contributed by atoms with van der Waals surface area (Å²) in [5.74, 6) is 0.0493. The summed E-state index contributed by atoms with van der Waals surface area (Å²) in [6, 6.07) is 1.06. The lowest BCUT2D eigenvalue weighted by molar-refractivity contribution is -0.144. The van der Waals surface area contributed by atoms with Gasteiger partial charge in [-0.15, -0.1) is 0 Å². The fourth-order valence-corrected chi connectivity index (χ4v) is 4.34. The summed E-state index contributed by atoms with van der Waals surface area (Å²) in [6.45, 7) is 5.40. The van der Waals surface area contributed by atoms with Gasteiger partial charge in [0.05, 0.1) is 21.1 Å². The fourth-order valence-electron chi connectivity index (χ4n) is 1.73. The van der Waals surface area contributed by atoms with Crippen molar-refractivity contribution in [2.75, 3.05) is 19.8 Å². The van der Waals surface area contributed by atoms with Gasteiger partial charge in [0.1, 0.15) is 0 Å². The van der Waals surface area contributed by atoms with E-state index in [-0.39, 0.29) is 11.9 Å². The van der Waals surface area contributed by atoms with Gasteiger partial charge < -0.3 is 10.1 Å². The Balaban J connectivity index is 2.52. The summed E-state index contributed by atoms with van der Waals surface area (Å²) in [4.78, 5) is 11.2. The van der Waals surface area contributed by atoms with E-state index in [1.807, 2.05) is 0 Å². The summed E-state index contributed by atoms with van der Waals surface area (Å²) in [6.07, 6.45) is 1.13. The molecule has 0 saturated carbocycles. The number of carbonyl (C=O) groups excluding carboxylic acids is 1. The Kier molecular flexibility index (Phi) is 2.90. The van der Waals surface area contributed by atoms with Crippen LogP contribution in [0.5, 0.6) is 0 Å². The first kappa shape index (κ1) is 9.73. The lowest BCUT2D eigenvalue weighted by Gasteiger charge is -2.32. The fraction of sp³-hybridized carbons (Fsp3) is 0.875. The molecular weight excluding hydrogens is 170 g/mol. The van der Waals surface area contributed by atoms with Crippen molar-refractivity contribution in [3.63, 3.8) is 0 Å². The largest absolute Gasteiger partial charge is 0.469 e. The summed E-state index contributed by atoms with van der Waals surface area (Å²) in [5, 5.41) is 3.30. The van der Waals surface area contributed by atoms with Gasteiger partial charge in [-0.05, 0) is 12.2 Å². The molecule has 0 bridgehead atoms. The zero-order chi connectivity index (χ0) is 9.19. The Bertz CT molecular complexity index is 182. The lowest BCUT2D eigenvalue weighted by Crippen LogP contribution is -2.51. The first-order valence-corrected chi connectivity index (χ1v) is 7.75. The average Bonchev–Trinajstić information content (AvgIpc) is 2.01. The number of ether oxygens (including phenoxy) is 1. The number of carbonyl (C=O) groups is 1. The second-order valence-electron chi connectivity index (χ2n) is 4.22. The monoisotopic (exact) mass is 187 g/mol. The van der Waals surface area contributed by atoms with Gasteiger partial charge in [-0.1, -0.05) is 13.1 Å². The number of esters is 1. The second kappa shape index (κ2) is 3.58. The van der Waals surface area contributed by atoms with Crippen LogP contribution in [0.4, 0.5) is 0 Å². The maximum absolute atomic E-state index is 11.2. The maximum atomic E-state index is 11.2. The van der Waals surface area contributed by atoms with Crippen molar-refractivity contribution in [3.8, 4) is 0 Å². The van der Waals surface area contributed by atoms with Crippen molar-refractivity contribution in [1.82, 2.24) is 5.32 Å². The predicted octanol–water partition coefficient (Wildman–Crippen LogP) is 0.626. The van der Waals surface area contributed by atoms with Crippen molar-refractivity contribution in [2.45, 2.75) is 19.1 Å². The molecule has 3 nitrogen and oxygen atoms in total. The standard InChI is InChI=1S/C8H17NO2Si/c1-11-8(10)7-4-9-6-12(2,3)5-7/h7,9H,4-6H2,1-3H3. The Morgan fingerprint density at radius 1 is 1.58 bits per heavy atom. The van der Waals surface area contributed by atoms with E-state index in [9.17, 15) is 4.79 Å². The van der Waals surface area contributed by atoms with Gasteiger partial charge in [0.25, 0.3) is 0 Å². The Morgan fingerprint density at radius 3 is 2.75 bits per heavy atom. The average molecular weight is 187 g/mol. The number of rotatable bonds is 1. The molecule has 0 amide bonds. The first-order chi connectivity index (χ1) is 5.55. The highest BCUT2D eigenvalue weighted by molar-refractivity contribution is 6.78. The third-order valence-electron chi connectivity index (χ3n) is 2.33. The van der Waals surface area contributed by atoms with E-state index in [0.29, 0.717) is 0 Å². The van der Waals surface area contributed by atoms with E-state index >= 15 is 0 Å². The first-order valence-electron chi connectivity index (χ1n) is 4.34. The summed E-state index contributed by atoms with van der Waals surface area (Å²) in [5.41, 5.74) is 0. The number of methoxy groups -OCH3 is 1. The van der Waals surface area contributed by atoms with Crippen LogP contribution in [0.3, 0.4) is 0 Å². The van der Waals surface area contributed by atoms with E-state index in [1.54, 1.807) is 0 Å². The predicted molar refractivity (Wildman–Crippen MR) is 50.7 cm³/mol. The zero-order valence-electron chi connectivity index (χ0n) is 8.02. The number of nitrogens with one attached hydrogen (secondary N) is 1. The van der Waals surface area contributed by atoms with Crippen molar-refractivity contribution in [3.05, 3.63) is 0 Å². The molecule has 0 aromatic rings. The minimum Gasteiger partial charge on any atom is -0.469 e. The van der Waals surface area contributed by atoms with Crippen molar-refractivity contribution >= 4 is 14.0 Å². The highest BCUT2D eigenvalue weighted by Gasteiger charge is 2.33. The normalized spacial score (nSPS) is 28.1. The molecule has 1 aliphatic rings. The van der Waals surface area contributed by atoms with Gasteiger partial charge in [0.15, 0.2) is 0 Å². The molecule has 12 heavy (non-hydrogen) atoms. The van der Waals surface area contributed by atoms with Crippen LogP contribution in [0.15, 0.2) is 0 Å². The molecule has 1 saturated heterocycles. The number of hydrogen-bond donors (Lipinski definition) is 1. The van der Waals surface area contributed by atoms with E-state index < -0.39 is 8.07 Å². The molecule has 1 unspecified atom stereocenters. The Labute approximate surface area is 74.5 Å². The molecule has 1 heterocycles. The second-order valence-corrected chi connectivity index (χ2v) is 9.31. The van der Waals surface area contributed by atoms with Crippen LogP contribution in [0.2, 0.25) is 19.1 Å². The SMILES string of the molecule is COC(=O)C1CNC[Si](C)(C)C1. The van der Waals surface area contributed by atoms with Crippen LogP contribution in [-0.2, 0) is 9.53 Å². The highest BCUT2D eigenvalue weighted by atomic mass is 28.3. The van der Waals surface area contributed by atoms with Crippen molar-refractivity contribution < 1.29 is 9.53 Å². The Morgan fingerprint density at radius 2 is 2.25 bits per heavy atom. The van der Waals surface area contributed by atoms with Crippen LogP contribution < -0.4 is 5.32 Å². The molecule has 70 valence electrons. The quantitative estimate of drug-likeness (QED) is 0.483. The molecular formula is C8H17NO2Si. The van der Waals surface area contributed by atoms with Crippen molar-refractivity contribution in [2.24, 2.45) is 5.92 Å². The Hall–Kier alpha value is -0.353. The summed E-state index contributed by atoms with van der Waals surface area (Å²) >= 11 is 0. The molecule has 1 atom stereocenters. The van der Waals surface area contributed by atoms with Gasteiger partial charge in [-0.3, -0.25) is 4.79 Å². The number of hydrogen-bond acceptors (Lipinski definition) is 3. The third kappa shape index (κ3) is 2.32. The molecule has 1 rings (SSSR count). The molecule has 0 aromatic heterocycles. The summed E-state index contributed by atoms with van der Waals surface area (Å²) < 4.78 is 4.73. The molecule has 0 aromatic carbocycles. The van der Waals surface area contributed by atoms with E-state index in [1.165, 1.54) is 7.11 Å². The van der Waals surface area contributed by atoms with Gasteiger partial charge in [-0.25, -0.2) is 0 Å². The van der Waals surface area contributed by atoms with Gasteiger partial charge >= 0.3 is 5.97 Å². The topological polar surface area (TPSA) is 38.3 Å². The van der Waals surface area contributed by atoms with Gasteiger partial charge in [-0.2, -0.15) is 0 Å². The smallest absolute Gasteiger partial charge is 0.309 e. The minimum atomic E-state index is -1.14. The van der Waals surface area contributed by atoms with E-state index in [4.69, 9.17) is 4.74 Å². The molecule has 0 aliphatic carbocycles. The minimum absolute atomic E-state index is 0.0530.